The summed E-state index contributed by atoms with van der Waals surface area (Å²) in [7, 11) is 0. The summed E-state index contributed by atoms with van der Waals surface area (Å²) in [5, 5.41) is 19.2. The molecule has 11 heteroatoms. The third-order valence-electron chi connectivity index (χ3n) is 2.57. The van der Waals surface area contributed by atoms with Gasteiger partial charge >= 0.3 is 0 Å². The number of rotatable bonds is 4. The molecule has 0 bridgehead atoms. The first-order valence-electron chi connectivity index (χ1n) is 6.01. The van der Waals surface area contributed by atoms with E-state index in [1.165, 1.54) is 12.7 Å². The van der Waals surface area contributed by atoms with Gasteiger partial charge in [0.05, 0.1) is 30.2 Å². The largest absolute Gasteiger partial charge is 0.395 e. The molecule has 0 aromatic rings. The molecular weight excluding hydrogens is 423 g/mol. The van der Waals surface area contributed by atoms with Gasteiger partial charge in [0.25, 0.3) is 0 Å². The Bertz CT molecular complexity index is 470. The minimum atomic E-state index is 0.210. The molecule has 0 aromatic carbocycles. The zero-order chi connectivity index (χ0) is 14.8. The van der Waals surface area contributed by atoms with Gasteiger partial charge in [-0.25, -0.2) is 0 Å². The number of aliphatic hydroxyl groups is 2. The predicted octanol–water partition coefficient (Wildman–Crippen LogP) is 4.11. The van der Waals surface area contributed by atoms with Crippen LogP contribution in [0.4, 0.5) is 0 Å². The van der Waals surface area contributed by atoms with Crippen molar-refractivity contribution in [2.75, 3.05) is 24.7 Å². The number of aliphatic hydroxyl groups excluding tert-OH is 2. The molecule has 0 saturated heterocycles. The summed E-state index contributed by atoms with van der Waals surface area (Å²) in [6, 6.07) is 0. The lowest BCUT2D eigenvalue weighted by molar-refractivity contribution is 0.301. The Morgan fingerprint density at radius 1 is 1.05 bits per heavy atom. The van der Waals surface area contributed by atoms with Crippen LogP contribution >= 0.6 is 95.5 Å². The van der Waals surface area contributed by atoms with Crippen LogP contribution in [0.15, 0.2) is 16.9 Å². The van der Waals surface area contributed by atoms with Crippen LogP contribution in [0.1, 0.15) is 0 Å². The molecule has 21 heavy (non-hydrogen) atoms. The maximum atomic E-state index is 9.33. The molecule has 2 atom stereocenters. The molecular formula is C10H13NO2S8. The van der Waals surface area contributed by atoms with E-state index in [1.54, 1.807) is 71.1 Å². The van der Waals surface area contributed by atoms with Gasteiger partial charge in [-0.15, -0.1) is 62.8 Å². The number of thioether (sulfide) groups is 4. The second kappa shape index (κ2) is 8.50. The number of hydrogen-bond donors (Lipinski definition) is 3. The molecule has 3 nitrogen and oxygen atoms in total. The molecule has 3 aliphatic heterocycles. The molecule has 3 aliphatic rings. The highest BCUT2D eigenvalue weighted by molar-refractivity contribution is 8.43. The van der Waals surface area contributed by atoms with Crippen LogP contribution in [0.2, 0.25) is 0 Å². The van der Waals surface area contributed by atoms with E-state index in [0.717, 1.165) is 15.7 Å². The Hall–Kier alpha value is 2.16. The second-order valence-corrected chi connectivity index (χ2v) is 13.9. The molecule has 3 heterocycles. The van der Waals surface area contributed by atoms with Crippen molar-refractivity contribution in [2.24, 2.45) is 0 Å². The normalized spacial score (nSPS) is 31.0. The molecule has 0 aromatic heterocycles. The smallest absolute Gasteiger partial charge is 0.0794 e. The second-order valence-electron chi connectivity index (χ2n) is 4.13. The molecule has 0 fully saturated rings. The van der Waals surface area contributed by atoms with Crippen LogP contribution in [0.5, 0.6) is 0 Å². The highest BCUT2D eigenvalue weighted by atomic mass is 32.3. The Labute approximate surface area is 159 Å². The number of nitrogens with zero attached hydrogens (tertiary/aromatic N) is 1. The molecule has 0 radical (unpaired) electrons. The lowest BCUT2D eigenvalue weighted by Gasteiger charge is -2.24. The van der Waals surface area contributed by atoms with Gasteiger partial charge in [-0.1, -0.05) is 0 Å². The highest BCUT2D eigenvalue weighted by Gasteiger charge is 2.34. The van der Waals surface area contributed by atoms with E-state index in [2.05, 4.69) is 15.7 Å². The lowest BCUT2D eigenvalue weighted by Crippen LogP contribution is -2.14. The number of thiol groups is 1. The Kier molecular flexibility index (Phi) is 7.27. The van der Waals surface area contributed by atoms with Gasteiger partial charge < -0.3 is 10.2 Å². The summed E-state index contributed by atoms with van der Waals surface area (Å²) < 4.78 is 7.06. The zero-order valence-corrected chi connectivity index (χ0v) is 17.2. The molecule has 0 saturated carbocycles. The third kappa shape index (κ3) is 4.62. The van der Waals surface area contributed by atoms with Crippen LogP contribution in [0, 0.1) is 0 Å². The molecule has 0 amide bonds. The van der Waals surface area contributed by atoms with Gasteiger partial charge in [-0.05, 0) is 35.8 Å². The van der Waals surface area contributed by atoms with Crippen molar-refractivity contribution in [1.29, 1.82) is 0 Å². The first-order chi connectivity index (χ1) is 10.2. The Morgan fingerprint density at radius 3 is 2.48 bits per heavy atom. The van der Waals surface area contributed by atoms with Gasteiger partial charge in [0.1, 0.15) is 0 Å². The van der Waals surface area contributed by atoms with Crippen molar-refractivity contribution in [2.45, 2.75) is 10.5 Å². The average Bonchev–Trinajstić information content (AvgIpc) is 2.90. The van der Waals surface area contributed by atoms with Crippen molar-refractivity contribution in [3.05, 3.63) is 16.9 Å². The lowest BCUT2D eigenvalue weighted by atomic mass is 10.5. The van der Waals surface area contributed by atoms with Crippen molar-refractivity contribution in [3.8, 4) is 0 Å². The Morgan fingerprint density at radius 2 is 1.71 bits per heavy atom. The predicted molar refractivity (Wildman–Crippen MR) is 109 cm³/mol. The summed E-state index contributed by atoms with van der Waals surface area (Å²) in [5.41, 5.74) is 0. The van der Waals surface area contributed by atoms with E-state index in [1.807, 2.05) is 11.8 Å². The van der Waals surface area contributed by atoms with Crippen molar-refractivity contribution in [1.82, 2.24) is 3.12 Å². The fourth-order valence-corrected chi connectivity index (χ4v) is 12.3. The van der Waals surface area contributed by atoms with Gasteiger partial charge in [0, 0.05) is 22.0 Å². The summed E-state index contributed by atoms with van der Waals surface area (Å²) >= 11 is 16.8. The molecule has 3 rings (SSSR count). The maximum absolute atomic E-state index is 9.33. The van der Waals surface area contributed by atoms with Crippen molar-refractivity contribution < 1.29 is 10.2 Å². The minimum absolute atomic E-state index is 0.210. The SMILES string of the molecule is OCC1CSC(S)=C(SN2SC3=C(SC(CO)CS3)S2)S1. The summed E-state index contributed by atoms with van der Waals surface area (Å²) in [6.45, 7) is 0.450. The van der Waals surface area contributed by atoms with Gasteiger partial charge in [-0.3, -0.25) is 0 Å². The fraction of sp³-hybridized carbons (Fsp3) is 0.600. The summed E-state index contributed by atoms with van der Waals surface area (Å²) in [6.07, 6.45) is 0. The summed E-state index contributed by atoms with van der Waals surface area (Å²) in [5.74, 6) is 1.90. The Balaban J connectivity index is 1.59. The average molecular weight is 436 g/mol. The van der Waals surface area contributed by atoms with Crippen LogP contribution in [-0.4, -0.2) is 48.5 Å². The first-order valence-corrected chi connectivity index (χ1v) is 12.5. The first kappa shape index (κ1) is 18.0. The number of hydrogen-bond acceptors (Lipinski definition) is 11. The van der Waals surface area contributed by atoms with Crippen molar-refractivity contribution in [3.63, 3.8) is 0 Å². The third-order valence-corrected chi connectivity index (χ3v) is 13.4. The van der Waals surface area contributed by atoms with Gasteiger partial charge in [0.2, 0.25) is 0 Å². The van der Waals surface area contributed by atoms with E-state index in [4.69, 9.17) is 0 Å². The minimum Gasteiger partial charge on any atom is -0.395 e. The molecule has 118 valence electrons. The zero-order valence-electron chi connectivity index (χ0n) is 10.6. The van der Waals surface area contributed by atoms with Crippen LogP contribution in [0.3, 0.4) is 0 Å². The maximum Gasteiger partial charge on any atom is 0.0794 e. The fourth-order valence-electron chi connectivity index (χ4n) is 1.55. The van der Waals surface area contributed by atoms with E-state index >= 15 is 0 Å². The molecule has 0 spiro atoms. The van der Waals surface area contributed by atoms with Gasteiger partial charge in [-0.2, -0.15) is 0 Å². The molecule has 0 aliphatic carbocycles. The monoisotopic (exact) mass is 435 g/mol. The van der Waals surface area contributed by atoms with Crippen LogP contribution in [0.25, 0.3) is 0 Å². The summed E-state index contributed by atoms with van der Waals surface area (Å²) in [4.78, 5) is 0. The van der Waals surface area contributed by atoms with E-state index < -0.39 is 0 Å². The van der Waals surface area contributed by atoms with E-state index in [-0.39, 0.29) is 18.5 Å². The van der Waals surface area contributed by atoms with Gasteiger partial charge in [0.15, 0.2) is 0 Å². The van der Waals surface area contributed by atoms with Crippen LogP contribution < -0.4 is 0 Å². The quantitative estimate of drug-likeness (QED) is 0.444. The topological polar surface area (TPSA) is 43.7 Å². The highest BCUT2D eigenvalue weighted by Crippen LogP contribution is 2.62. The molecule has 2 N–H and O–H groups in total. The van der Waals surface area contributed by atoms with Crippen molar-refractivity contribution >= 4 is 95.5 Å². The van der Waals surface area contributed by atoms with Crippen LogP contribution in [-0.2, 0) is 0 Å². The standard InChI is InChI=1S/C10H13NO2S8/c12-1-5-3-15-7(14)8(17-5)19-11-20-9-10(21-11)18-6(2-13)4-16-9/h5-6,12-14H,1-4H2. The van der Waals surface area contributed by atoms with E-state index in [9.17, 15) is 10.2 Å². The molecule has 2 unspecified atom stereocenters. The van der Waals surface area contributed by atoms with E-state index in [0.29, 0.717) is 5.25 Å².